The Morgan fingerprint density at radius 2 is 2.45 bits per heavy atom. The van der Waals surface area contributed by atoms with Crippen LogP contribution < -0.4 is 5.73 Å². The van der Waals surface area contributed by atoms with Crippen molar-refractivity contribution in [1.82, 2.24) is 4.90 Å². The average Bonchev–Trinajstić information content (AvgIpc) is 2.36. The van der Waals surface area contributed by atoms with E-state index in [9.17, 15) is 0 Å². The Morgan fingerprint density at radius 1 is 1.73 bits per heavy atom. The lowest BCUT2D eigenvalue weighted by Crippen LogP contribution is -2.39. The summed E-state index contributed by atoms with van der Waals surface area (Å²) in [5.74, 6) is 0.720. The van der Waals surface area contributed by atoms with Crippen LogP contribution in [0.15, 0.2) is 4.99 Å². The molecule has 0 radical (unpaired) electrons. The van der Waals surface area contributed by atoms with Gasteiger partial charge in [0.25, 0.3) is 0 Å². The lowest BCUT2D eigenvalue weighted by atomic mass is 10.2. The van der Waals surface area contributed by atoms with Gasteiger partial charge in [0.05, 0.1) is 0 Å². The molecule has 0 amide bonds. The summed E-state index contributed by atoms with van der Waals surface area (Å²) < 4.78 is 0. The number of aliphatic imine (C=N–C) groups is 1. The van der Waals surface area contributed by atoms with Crippen molar-refractivity contribution in [2.24, 2.45) is 10.7 Å². The molecule has 0 bridgehead atoms. The first kappa shape index (κ1) is 8.37. The van der Waals surface area contributed by atoms with Crippen molar-refractivity contribution in [1.29, 1.82) is 0 Å². The van der Waals surface area contributed by atoms with Gasteiger partial charge in [-0.15, -0.1) is 0 Å². The predicted octanol–water partition coefficient (Wildman–Crippen LogP) is 0.805. The van der Waals surface area contributed by atoms with Crippen molar-refractivity contribution < 1.29 is 0 Å². The Balaban J connectivity index is 2.52. The van der Waals surface area contributed by atoms with Crippen molar-refractivity contribution in [2.75, 3.05) is 13.1 Å². The summed E-state index contributed by atoms with van der Waals surface area (Å²) in [4.78, 5) is 6.36. The molecule has 1 heterocycles. The number of rotatable bonds is 1. The Bertz CT molecular complexity index is 153. The van der Waals surface area contributed by atoms with Crippen LogP contribution in [0.5, 0.6) is 0 Å². The maximum Gasteiger partial charge on any atom is 0.191 e. The van der Waals surface area contributed by atoms with E-state index in [1.807, 2.05) is 6.92 Å². The highest BCUT2D eigenvalue weighted by Crippen LogP contribution is 2.15. The first-order valence-corrected chi connectivity index (χ1v) is 4.32. The third kappa shape index (κ3) is 1.85. The second kappa shape index (κ2) is 3.60. The molecule has 0 aromatic heterocycles. The first-order valence-electron chi connectivity index (χ1n) is 4.32. The van der Waals surface area contributed by atoms with Crippen molar-refractivity contribution in [3.8, 4) is 0 Å². The molecule has 0 saturated carbocycles. The van der Waals surface area contributed by atoms with E-state index in [2.05, 4.69) is 16.8 Å². The highest BCUT2D eigenvalue weighted by molar-refractivity contribution is 5.78. The molecule has 2 N–H and O–H groups in total. The van der Waals surface area contributed by atoms with Gasteiger partial charge in [-0.3, -0.25) is 4.99 Å². The summed E-state index contributed by atoms with van der Waals surface area (Å²) in [6, 6.07) is 0.588. The first-order chi connectivity index (χ1) is 5.25. The van der Waals surface area contributed by atoms with E-state index >= 15 is 0 Å². The summed E-state index contributed by atoms with van der Waals surface area (Å²) in [6.07, 6.45) is 2.50. The van der Waals surface area contributed by atoms with Crippen LogP contribution in [0.1, 0.15) is 26.7 Å². The summed E-state index contributed by atoms with van der Waals surface area (Å²) in [6.45, 7) is 6.07. The summed E-state index contributed by atoms with van der Waals surface area (Å²) >= 11 is 0. The summed E-state index contributed by atoms with van der Waals surface area (Å²) in [7, 11) is 0. The zero-order chi connectivity index (χ0) is 8.27. The van der Waals surface area contributed by atoms with Gasteiger partial charge in [0, 0.05) is 19.1 Å². The minimum Gasteiger partial charge on any atom is -0.370 e. The smallest absolute Gasteiger partial charge is 0.191 e. The second-order valence-corrected chi connectivity index (χ2v) is 3.02. The SMILES string of the molecule is CCN=C(N)N1CCCC1C. The van der Waals surface area contributed by atoms with Crippen molar-refractivity contribution >= 4 is 5.96 Å². The predicted molar refractivity (Wildman–Crippen MR) is 47.6 cm³/mol. The zero-order valence-electron chi connectivity index (χ0n) is 7.38. The van der Waals surface area contributed by atoms with Gasteiger partial charge in [-0.05, 0) is 26.7 Å². The molecule has 64 valence electrons. The van der Waals surface area contributed by atoms with Gasteiger partial charge in [-0.25, -0.2) is 0 Å². The lowest BCUT2D eigenvalue weighted by molar-refractivity contribution is 0.409. The molecule has 1 fully saturated rings. The maximum absolute atomic E-state index is 5.76. The number of guanidine groups is 1. The van der Waals surface area contributed by atoms with E-state index in [1.54, 1.807) is 0 Å². The Kier molecular flexibility index (Phi) is 2.74. The molecule has 1 unspecified atom stereocenters. The van der Waals surface area contributed by atoms with Crippen LogP contribution in [0.4, 0.5) is 0 Å². The normalized spacial score (nSPS) is 26.2. The number of nitrogens with zero attached hydrogens (tertiary/aromatic N) is 2. The lowest BCUT2D eigenvalue weighted by Gasteiger charge is -2.21. The molecule has 0 spiro atoms. The molecule has 0 aromatic carbocycles. The van der Waals surface area contributed by atoms with Gasteiger partial charge < -0.3 is 10.6 Å². The number of hydrogen-bond acceptors (Lipinski definition) is 1. The molecule has 3 heteroatoms. The molecule has 1 saturated heterocycles. The molecular formula is C8H17N3. The minimum absolute atomic E-state index is 0.588. The number of likely N-dealkylation sites (tertiary alicyclic amines) is 1. The van der Waals surface area contributed by atoms with Crippen molar-refractivity contribution in [2.45, 2.75) is 32.7 Å². The van der Waals surface area contributed by atoms with Crippen LogP contribution in [0.25, 0.3) is 0 Å². The van der Waals surface area contributed by atoms with Gasteiger partial charge in [-0.1, -0.05) is 0 Å². The van der Waals surface area contributed by atoms with E-state index in [-0.39, 0.29) is 0 Å². The van der Waals surface area contributed by atoms with E-state index in [1.165, 1.54) is 12.8 Å². The quantitative estimate of drug-likeness (QED) is 0.449. The molecule has 0 aromatic rings. The van der Waals surface area contributed by atoms with Gasteiger partial charge in [0.15, 0.2) is 5.96 Å². The van der Waals surface area contributed by atoms with Crippen LogP contribution in [-0.4, -0.2) is 30.0 Å². The highest BCUT2D eigenvalue weighted by atomic mass is 15.3. The minimum atomic E-state index is 0.588. The van der Waals surface area contributed by atoms with Crippen LogP contribution >= 0.6 is 0 Å². The number of hydrogen-bond donors (Lipinski definition) is 1. The molecule has 3 nitrogen and oxygen atoms in total. The monoisotopic (exact) mass is 155 g/mol. The van der Waals surface area contributed by atoms with Gasteiger partial charge in [0.2, 0.25) is 0 Å². The Hall–Kier alpha value is -0.730. The standard InChI is InChI=1S/C8H17N3/c1-3-10-8(9)11-6-4-5-7(11)2/h7H,3-6H2,1-2H3,(H2,9,10). The fourth-order valence-electron chi connectivity index (χ4n) is 1.53. The topological polar surface area (TPSA) is 41.6 Å². The molecule has 1 rings (SSSR count). The van der Waals surface area contributed by atoms with E-state index in [0.29, 0.717) is 6.04 Å². The molecule has 1 aliphatic rings. The molecule has 1 atom stereocenters. The van der Waals surface area contributed by atoms with Crippen molar-refractivity contribution in [3.63, 3.8) is 0 Å². The fraction of sp³-hybridized carbons (Fsp3) is 0.875. The fourth-order valence-corrected chi connectivity index (χ4v) is 1.53. The van der Waals surface area contributed by atoms with E-state index in [4.69, 9.17) is 5.73 Å². The van der Waals surface area contributed by atoms with E-state index < -0.39 is 0 Å². The van der Waals surface area contributed by atoms with E-state index in [0.717, 1.165) is 19.0 Å². The highest BCUT2D eigenvalue weighted by Gasteiger charge is 2.21. The molecule has 11 heavy (non-hydrogen) atoms. The van der Waals surface area contributed by atoms with Gasteiger partial charge in [0.1, 0.15) is 0 Å². The maximum atomic E-state index is 5.76. The third-order valence-corrected chi connectivity index (χ3v) is 2.17. The second-order valence-electron chi connectivity index (χ2n) is 3.02. The van der Waals surface area contributed by atoms with Crippen LogP contribution in [0.3, 0.4) is 0 Å². The van der Waals surface area contributed by atoms with Crippen molar-refractivity contribution in [3.05, 3.63) is 0 Å². The summed E-state index contributed by atoms with van der Waals surface area (Å²) in [5, 5.41) is 0. The van der Waals surface area contributed by atoms with Gasteiger partial charge in [-0.2, -0.15) is 0 Å². The van der Waals surface area contributed by atoms with Crippen LogP contribution in [-0.2, 0) is 0 Å². The number of nitrogens with two attached hydrogens (primary N) is 1. The molecule has 1 aliphatic heterocycles. The zero-order valence-corrected chi connectivity index (χ0v) is 7.38. The molecule has 0 aliphatic carbocycles. The Labute approximate surface area is 68.3 Å². The van der Waals surface area contributed by atoms with Crippen LogP contribution in [0, 0.1) is 0 Å². The summed E-state index contributed by atoms with van der Waals surface area (Å²) in [5.41, 5.74) is 5.76. The third-order valence-electron chi connectivity index (χ3n) is 2.17. The Morgan fingerprint density at radius 3 is 2.91 bits per heavy atom. The van der Waals surface area contributed by atoms with Gasteiger partial charge >= 0.3 is 0 Å². The average molecular weight is 155 g/mol. The largest absolute Gasteiger partial charge is 0.370 e. The van der Waals surface area contributed by atoms with Crippen LogP contribution in [0.2, 0.25) is 0 Å². The molecular weight excluding hydrogens is 138 g/mol.